The van der Waals surface area contributed by atoms with Crippen LogP contribution in [0.15, 0.2) is 5.16 Å². The lowest BCUT2D eigenvalue weighted by molar-refractivity contribution is -0.134. The number of nitrogens with zero attached hydrogens (tertiary/aromatic N) is 2. The molecular weight excluding hydrogens is 206 g/mol. The number of carbonyl (C=O) groups is 1. The normalized spacial score (nSPS) is 19.6. The average molecular weight is 227 g/mol. The van der Waals surface area contributed by atoms with Gasteiger partial charge in [-0.15, -0.1) is 0 Å². The van der Waals surface area contributed by atoms with Crippen molar-refractivity contribution in [2.24, 2.45) is 16.8 Å². The molecule has 1 unspecified atom stereocenters. The van der Waals surface area contributed by atoms with E-state index in [2.05, 4.69) is 5.16 Å². The van der Waals surface area contributed by atoms with Gasteiger partial charge in [-0.1, -0.05) is 18.5 Å². The Bertz CT molecular complexity index is 260. The van der Waals surface area contributed by atoms with Gasteiger partial charge in [0.25, 0.3) is 0 Å². The zero-order valence-corrected chi connectivity index (χ0v) is 9.85. The van der Waals surface area contributed by atoms with Crippen LogP contribution in [0.1, 0.15) is 39.0 Å². The van der Waals surface area contributed by atoms with Crippen LogP contribution < -0.4 is 5.73 Å². The molecule has 0 aromatic carbocycles. The topological polar surface area (TPSA) is 78.9 Å². The van der Waals surface area contributed by atoms with E-state index >= 15 is 0 Å². The van der Waals surface area contributed by atoms with Gasteiger partial charge >= 0.3 is 0 Å². The Morgan fingerprint density at radius 1 is 1.44 bits per heavy atom. The van der Waals surface area contributed by atoms with Crippen LogP contribution in [0, 0.1) is 5.92 Å². The molecule has 5 nitrogen and oxygen atoms in total. The Labute approximate surface area is 96.3 Å². The van der Waals surface area contributed by atoms with Gasteiger partial charge < -0.3 is 15.8 Å². The van der Waals surface area contributed by atoms with Gasteiger partial charge in [0, 0.05) is 13.1 Å². The van der Waals surface area contributed by atoms with Gasteiger partial charge in [-0.05, 0) is 25.7 Å². The van der Waals surface area contributed by atoms with E-state index in [4.69, 9.17) is 10.9 Å². The number of oxime groups is 1. The van der Waals surface area contributed by atoms with E-state index in [1.807, 2.05) is 11.8 Å². The lowest BCUT2D eigenvalue weighted by atomic mass is 9.99. The highest BCUT2D eigenvalue weighted by Gasteiger charge is 2.27. The Kier molecular flexibility index (Phi) is 5.08. The first-order valence-electron chi connectivity index (χ1n) is 5.97. The summed E-state index contributed by atoms with van der Waals surface area (Å²) in [4.78, 5) is 14.0. The number of amides is 1. The first kappa shape index (κ1) is 12.8. The molecule has 1 fully saturated rings. The van der Waals surface area contributed by atoms with E-state index in [1.54, 1.807) is 0 Å². The molecule has 3 N–H and O–H groups in total. The quantitative estimate of drug-likeness (QED) is 0.327. The average Bonchev–Trinajstić information content (AvgIpc) is 2.35. The predicted molar refractivity (Wildman–Crippen MR) is 62.2 cm³/mol. The molecule has 0 spiro atoms. The minimum absolute atomic E-state index is 0.0110. The van der Waals surface area contributed by atoms with E-state index in [9.17, 15) is 4.79 Å². The van der Waals surface area contributed by atoms with Crippen molar-refractivity contribution in [3.05, 3.63) is 0 Å². The summed E-state index contributed by atoms with van der Waals surface area (Å²) in [5.41, 5.74) is 5.56. The van der Waals surface area contributed by atoms with Gasteiger partial charge in [0.15, 0.2) is 5.84 Å². The Morgan fingerprint density at radius 2 is 2.06 bits per heavy atom. The molecule has 1 heterocycles. The van der Waals surface area contributed by atoms with E-state index in [-0.39, 0.29) is 11.7 Å². The summed E-state index contributed by atoms with van der Waals surface area (Å²) in [5.74, 6) is -0.401. The molecular formula is C11H21N3O2. The summed E-state index contributed by atoms with van der Waals surface area (Å²) >= 11 is 0. The SMILES string of the molecule is CCCC(C(=O)N1CCCCC1)C(N)=NO. The largest absolute Gasteiger partial charge is 0.409 e. The molecule has 1 saturated heterocycles. The van der Waals surface area contributed by atoms with Crippen molar-refractivity contribution in [2.75, 3.05) is 13.1 Å². The lowest BCUT2D eigenvalue weighted by Gasteiger charge is -2.29. The number of carbonyl (C=O) groups excluding carboxylic acids is 1. The zero-order valence-electron chi connectivity index (χ0n) is 9.85. The number of hydrogen-bond acceptors (Lipinski definition) is 3. The molecule has 1 aliphatic rings. The van der Waals surface area contributed by atoms with Crippen LogP contribution in [0.3, 0.4) is 0 Å². The third-order valence-corrected chi connectivity index (χ3v) is 3.02. The van der Waals surface area contributed by atoms with Gasteiger partial charge in [0.2, 0.25) is 5.91 Å². The molecule has 1 atom stereocenters. The summed E-state index contributed by atoms with van der Waals surface area (Å²) in [6.45, 7) is 3.59. The van der Waals surface area contributed by atoms with Crippen LogP contribution in [0.4, 0.5) is 0 Å². The van der Waals surface area contributed by atoms with Crippen LogP contribution in [0.25, 0.3) is 0 Å². The molecule has 1 aliphatic heterocycles. The van der Waals surface area contributed by atoms with Gasteiger partial charge in [-0.25, -0.2) is 0 Å². The maximum absolute atomic E-state index is 12.1. The summed E-state index contributed by atoms with van der Waals surface area (Å²) in [5, 5.41) is 11.6. The fraction of sp³-hybridized carbons (Fsp3) is 0.818. The fourth-order valence-corrected chi connectivity index (χ4v) is 2.09. The Morgan fingerprint density at radius 3 is 2.56 bits per heavy atom. The first-order chi connectivity index (χ1) is 7.70. The van der Waals surface area contributed by atoms with Crippen molar-refractivity contribution in [3.63, 3.8) is 0 Å². The van der Waals surface area contributed by atoms with Crippen LogP contribution in [-0.2, 0) is 4.79 Å². The second-order valence-corrected chi connectivity index (χ2v) is 4.25. The fourth-order valence-electron chi connectivity index (χ4n) is 2.09. The minimum atomic E-state index is -0.451. The van der Waals surface area contributed by atoms with Crippen molar-refractivity contribution < 1.29 is 10.0 Å². The Balaban J connectivity index is 2.65. The molecule has 1 amide bonds. The van der Waals surface area contributed by atoms with Gasteiger partial charge in [0.1, 0.15) is 0 Å². The molecule has 0 bridgehead atoms. The Hall–Kier alpha value is -1.26. The van der Waals surface area contributed by atoms with Crippen molar-refractivity contribution in [2.45, 2.75) is 39.0 Å². The first-order valence-corrected chi connectivity index (χ1v) is 5.97. The predicted octanol–water partition coefficient (Wildman–Crippen LogP) is 1.16. The molecule has 92 valence electrons. The number of amidine groups is 1. The van der Waals surface area contributed by atoms with Crippen LogP contribution >= 0.6 is 0 Å². The number of piperidine rings is 1. The number of likely N-dealkylation sites (tertiary alicyclic amines) is 1. The van der Waals surface area contributed by atoms with E-state index in [1.165, 1.54) is 6.42 Å². The molecule has 1 rings (SSSR count). The monoisotopic (exact) mass is 227 g/mol. The minimum Gasteiger partial charge on any atom is -0.409 e. The molecule has 5 heteroatoms. The summed E-state index contributed by atoms with van der Waals surface area (Å²) < 4.78 is 0. The van der Waals surface area contributed by atoms with Crippen LogP contribution in [0.2, 0.25) is 0 Å². The number of rotatable bonds is 4. The van der Waals surface area contributed by atoms with E-state index in [0.29, 0.717) is 6.42 Å². The van der Waals surface area contributed by atoms with Crippen molar-refractivity contribution >= 4 is 11.7 Å². The highest BCUT2D eigenvalue weighted by Crippen LogP contribution is 2.16. The van der Waals surface area contributed by atoms with E-state index < -0.39 is 5.92 Å². The summed E-state index contributed by atoms with van der Waals surface area (Å²) in [6, 6.07) is 0. The molecule has 16 heavy (non-hydrogen) atoms. The van der Waals surface area contributed by atoms with Crippen LogP contribution in [0.5, 0.6) is 0 Å². The summed E-state index contributed by atoms with van der Waals surface area (Å²) in [6.07, 6.45) is 4.79. The van der Waals surface area contributed by atoms with Crippen molar-refractivity contribution in [1.82, 2.24) is 4.90 Å². The molecule has 0 aromatic heterocycles. The van der Waals surface area contributed by atoms with Crippen LogP contribution in [-0.4, -0.2) is 34.9 Å². The lowest BCUT2D eigenvalue weighted by Crippen LogP contribution is -2.44. The van der Waals surface area contributed by atoms with Gasteiger partial charge in [0.05, 0.1) is 5.92 Å². The van der Waals surface area contributed by atoms with Gasteiger partial charge in [-0.3, -0.25) is 4.79 Å². The van der Waals surface area contributed by atoms with E-state index in [0.717, 1.165) is 32.4 Å². The third kappa shape index (κ3) is 3.12. The second kappa shape index (κ2) is 6.35. The van der Waals surface area contributed by atoms with Crippen molar-refractivity contribution in [1.29, 1.82) is 0 Å². The molecule has 0 aliphatic carbocycles. The highest BCUT2D eigenvalue weighted by atomic mass is 16.4. The molecule has 0 radical (unpaired) electrons. The number of nitrogens with two attached hydrogens (primary N) is 1. The smallest absolute Gasteiger partial charge is 0.233 e. The molecule has 0 aromatic rings. The second-order valence-electron chi connectivity index (χ2n) is 4.25. The molecule has 0 saturated carbocycles. The maximum Gasteiger partial charge on any atom is 0.233 e. The van der Waals surface area contributed by atoms with Crippen molar-refractivity contribution in [3.8, 4) is 0 Å². The summed E-state index contributed by atoms with van der Waals surface area (Å²) in [7, 11) is 0. The van der Waals surface area contributed by atoms with Gasteiger partial charge in [-0.2, -0.15) is 0 Å². The number of hydrogen-bond donors (Lipinski definition) is 2. The maximum atomic E-state index is 12.1. The zero-order chi connectivity index (χ0) is 12.0. The standard InChI is InChI=1S/C11H21N3O2/c1-2-6-9(10(12)13-16)11(15)14-7-4-3-5-8-14/h9,16H,2-8H2,1H3,(H2,12,13). The third-order valence-electron chi connectivity index (χ3n) is 3.02. The highest BCUT2D eigenvalue weighted by molar-refractivity contribution is 6.02.